The number of nitrogens with two attached hydrogens (primary N) is 1. The number of hydrogen-bond acceptors (Lipinski definition) is 10. The van der Waals surface area contributed by atoms with Crippen molar-refractivity contribution in [3.63, 3.8) is 0 Å². The number of esters is 1. The highest BCUT2D eigenvalue weighted by atomic mass is 31.2. The summed E-state index contributed by atoms with van der Waals surface area (Å²) in [6.45, 7) is 9.16. The molecule has 13 heteroatoms. The van der Waals surface area contributed by atoms with Crippen molar-refractivity contribution in [3.05, 3.63) is 72.6 Å². The molecule has 48 heavy (non-hydrogen) atoms. The summed E-state index contributed by atoms with van der Waals surface area (Å²) in [5.41, 5.74) is 6.53. The Kier molecular flexibility index (Phi) is 11.0. The molecule has 0 bridgehead atoms. The van der Waals surface area contributed by atoms with Crippen molar-refractivity contribution in [2.45, 2.75) is 78.4 Å². The first-order chi connectivity index (χ1) is 23.0. The number of anilines is 1. The number of imidazole rings is 1. The Morgan fingerprint density at radius 1 is 1.02 bits per heavy atom. The first-order valence-electron chi connectivity index (χ1n) is 16.2. The van der Waals surface area contributed by atoms with Crippen molar-refractivity contribution in [2.75, 3.05) is 18.9 Å². The van der Waals surface area contributed by atoms with Crippen LogP contribution in [0, 0.1) is 0 Å². The predicted molar refractivity (Wildman–Crippen MR) is 186 cm³/mol. The Morgan fingerprint density at radius 2 is 1.75 bits per heavy atom. The Balaban J connectivity index is 1.50. The van der Waals surface area contributed by atoms with Crippen LogP contribution in [0.25, 0.3) is 32.7 Å². The van der Waals surface area contributed by atoms with Crippen LogP contribution in [0.2, 0.25) is 0 Å². The average molecular weight is 678 g/mol. The maximum Gasteiger partial charge on any atom is 0.459 e. The summed E-state index contributed by atoms with van der Waals surface area (Å²) in [6, 6.07) is 19.5. The molecule has 4 N–H and O–H groups in total. The Morgan fingerprint density at radius 3 is 2.48 bits per heavy atom. The quantitative estimate of drug-likeness (QED) is 0.0742. The minimum atomic E-state index is -4.22. The van der Waals surface area contributed by atoms with E-state index in [1.807, 2.05) is 68.4 Å². The number of carbonyl (C=O) groups is 1. The van der Waals surface area contributed by atoms with E-state index in [2.05, 4.69) is 10.1 Å². The molecule has 0 amide bonds. The third-order valence-corrected chi connectivity index (χ3v) is 9.54. The van der Waals surface area contributed by atoms with Gasteiger partial charge in [0, 0.05) is 18.4 Å². The fraction of sp³-hybridized carbons (Fsp3) is 0.400. The van der Waals surface area contributed by atoms with E-state index in [1.165, 1.54) is 6.92 Å². The van der Waals surface area contributed by atoms with E-state index in [-0.39, 0.29) is 37.3 Å². The number of nitrogens with one attached hydrogen (secondary N) is 1. The van der Waals surface area contributed by atoms with Crippen molar-refractivity contribution >= 4 is 52.2 Å². The summed E-state index contributed by atoms with van der Waals surface area (Å²) in [5.74, 6) is 0.371. The van der Waals surface area contributed by atoms with Gasteiger partial charge in [-0.1, -0.05) is 61.9 Å². The molecule has 0 aliphatic rings. The van der Waals surface area contributed by atoms with E-state index in [4.69, 9.17) is 29.2 Å². The van der Waals surface area contributed by atoms with Crippen LogP contribution in [0.4, 0.5) is 5.82 Å². The molecule has 5 rings (SSSR count). The number of aliphatic hydroxyl groups is 1. The standard InChI is InChI=1S/C35H44N5O7P/c1-6-18-35(42,40-30(22-44-7-2)38-31-32(40)28-14-10-11-15-29(28)37-33(31)36)19-20-45-48(43,39-24(5)34(41)46-23(3)4)47-27-17-16-25-12-8-9-13-26(25)21-27/h8-17,21,23-24,42H,6-7,18-20,22H2,1-5H3,(H2,36,37)(H,39,43)/t24-,35-,48+/m0/s1. The van der Waals surface area contributed by atoms with E-state index >= 15 is 0 Å². The van der Waals surface area contributed by atoms with Gasteiger partial charge >= 0.3 is 13.7 Å². The van der Waals surface area contributed by atoms with Gasteiger partial charge in [0.1, 0.15) is 35.5 Å². The minimum absolute atomic E-state index is 0.0143. The molecule has 0 radical (unpaired) electrons. The van der Waals surface area contributed by atoms with Gasteiger partial charge in [0.15, 0.2) is 5.82 Å². The lowest BCUT2D eigenvalue weighted by Crippen LogP contribution is -2.38. The van der Waals surface area contributed by atoms with E-state index < -0.39 is 25.5 Å². The van der Waals surface area contributed by atoms with Gasteiger partial charge < -0.3 is 24.8 Å². The third kappa shape index (κ3) is 7.80. The molecule has 3 aromatic carbocycles. The number of pyridine rings is 1. The molecule has 5 aromatic rings. The maximum atomic E-state index is 14.4. The SMILES string of the molecule is CCC[C@](O)(CCO[P@](=O)(N[C@@H](C)C(=O)OC(C)C)Oc1ccc2ccccc2c1)n1c(COCC)nc2c(N)nc3ccccc3c21. The molecule has 0 fully saturated rings. The van der Waals surface area contributed by atoms with Gasteiger partial charge in [-0.2, -0.15) is 5.09 Å². The Bertz CT molecular complexity index is 1950. The molecule has 0 aliphatic heterocycles. The zero-order chi connectivity index (χ0) is 34.5. The van der Waals surface area contributed by atoms with Crippen LogP contribution in [-0.2, 0) is 35.7 Å². The highest BCUT2D eigenvalue weighted by Crippen LogP contribution is 2.46. The van der Waals surface area contributed by atoms with Crippen molar-refractivity contribution in [2.24, 2.45) is 0 Å². The predicted octanol–water partition coefficient (Wildman–Crippen LogP) is 6.83. The zero-order valence-electron chi connectivity index (χ0n) is 28.0. The fourth-order valence-corrected chi connectivity index (χ4v) is 7.22. The topological polar surface area (TPSA) is 160 Å². The highest BCUT2D eigenvalue weighted by molar-refractivity contribution is 7.52. The highest BCUT2D eigenvalue weighted by Gasteiger charge is 2.37. The first-order valence-corrected chi connectivity index (χ1v) is 17.8. The normalized spacial score (nSPS) is 15.1. The summed E-state index contributed by atoms with van der Waals surface area (Å²) < 4.78 is 39.2. The molecule has 0 saturated heterocycles. The summed E-state index contributed by atoms with van der Waals surface area (Å²) in [7, 11) is -4.22. The second-order valence-corrected chi connectivity index (χ2v) is 13.7. The minimum Gasteiger partial charge on any atom is -0.462 e. The van der Waals surface area contributed by atoms with Crippen LogP contribution in [0.1, 0.15) is 59.7 Å². The fourth-order valence-electron chi connectivity index (χ4n) is 5.74. The smallest absolute Gasteiger partial charge is 0.459 e. The molecular formula is C35H44N5O7P. The van der Waals surface area contributed by atoms with Gasteiger partial charge in [-0.3, -0.25) is 13.9 Å². The largest absolute Gasteiger partial charge is 0.462 e. The van der Waals surface area contributed by atoms with Gasteiger partial charge in [0.25, 0.3) is 0 Å². The Labute approximate surface area is 280 Å². The molecule has 0 unspecified atom stereocenters. The molecule has 12 nitrogen and oxygen atoms in total. The monoisotopic (exact) mass is 677 g/mol. The number of benzene rings is 3. The lowest BCUT2D eigenvalue weighted by Gasteiger charge is -2.33. The summed E-state index contributed by atoms with van der Waals surface area (Å²) in [6.07, 6.45) is 0.519. The van der Waals surface area contributed by atoms with Crippen LogP contribution in [0.3, 0.4) is 0 Å². The lowest BCUT2D eigenvalue weighted by atomic mass is 10.0. The van der Waals surface area contributed by atoms with Crippen LogP contribution < -0.4 is 15.3 Å². The number of nitrogens with zero attached hydrogens (tertiary/aromatic N) is 3. The summed E-state index contributed by atoms with van der Waals surface area (Å²) in [4.78, 5) is 22.0. The number of hydrogen-bond donors (Lipinski definition) is 3. The van der Waals surface area contributed by atoms with Crippen molar-refractivity contribution in [1.29, 1.82) is 0 Å². The second-order valence-electron chi connectivity index (χ2n) is 12.0. The van der Waals surface area contributed by atoms with Gasteiger partial charge in [-0.25, -0.2) is 14.5 Å². The van der Waals surface area contributed by atoms with Crippen molar-refractivity contribution in [1.82, 2.24) is 19.6 Å². The molecule has 0 aliphatic carbocycles. The average Bonchev–Trinajstić information content (AvgIpc) is 3.45. The first kappa shape index (κ1) is 35.3. The molecule has 0 spiro atoms. The van der Waals surface area contributed by atoms with E-state index in [0.717, 1.165) is 16.2 Å². The van der Waals surface area contributed by atoms with Gasteiger partial charge in [0.2, 0.25) is 0 Å². The molecule has 3 atom stereocenters. The van der Waals surface area contributed by atoms with Crippen LogP contribution in [0.5, 0.6) is 5.75 Å². The zero-order valence-corrected chi connectivity index (χ0v) is 28.9. The number of nitrogen functional groups attached to an aromatic ring is 1. The third-order valence-electron chi connectivity index (χ3n) is 7.86. The number of carbonyl (C=O) groups excluding carboxylic acids is 1. The van der Waals surface area contributed by atoms with Crippen LogP contribution >= 0.6 is 7.75 Å². The van der Waals surface area contributed by atoms with Gasteiger partial charge in [-0.15, -0.1) is 0 Å². The summed E-state index contributed by atoms with van der Waals surface area (Å²) >= 11 is 0. The lowest BCUT2D eigenvalue weighted by molar-refractivity contribution is -0.149. The van der Waals surface area contributed by atoms with Crippen LogP contribution in [0.15, 0.2) is 66.7 Å². The molecule has 2 aromatic heterocycles. The van der Waals surface area contributed by atoms with E-state index in [9.17, 15) is 14.5 Å². The van der Waals surface area contributed by atoms with E-state index in [1.54, 1.807) is 30.5 Å². The van der Waals surface area contributed by atoms with Gasteiger partial charge in [-0.05, 0) is 63.1 Å². The van der Waals surface area contributed by atoms with Crippen molar-refractivity contribution in [3.8, 4) is 5.75 Å². The summed E-state index contributed by atoms with van der Waals surface area (Å²) in [5, 5.41) is 17.8. The molecule has 2 heterocycles. The Hall–Kier alpha value is -4.06. The number of aromatic nitrogens is 3. The van der Waals surface area contributed by atoms with Crippen LogP contribution in [-0.4, -0.2) is 51.0 Å². The molecule has 256 valence electrons. The molecular weight excluding hydrogens is 633 g/mol. The number of fused-ring (bicyclic) bond motifs is 4. The second kappa shape index (κ2) is 15.0. The number of ether oxygens (including phenoxy) is 2. The number of para-hydroxylation sites is 1. The van der Waals surface area contributed by atoms with E-state index in [0.29, 0.717) is 41.8 Å². The molecule has 0 saturated carbocycles. The van der Waals surface area contributed by atoms with Crippen molar-refractivity contribution < 1.29 is 33.0 Å². The number of rotatable bonds is 16. The van der Waals surface area contributed by atoms with Gasteiger partial charge in [0.05, 0.1) is 23.7 Å². The maximum absolute atomic E-state index is 14.4.